The van der Waals surface area contributed by atoms with Crippen molar-refractivity contribution >= 4 is 11.6 Å². The molecular formula is C15H23N3O3. The molecule has 0 saturated carbocycles. The van der Waals surface area contributed by atoms with Crippen LogP contribution in [0.3, 0.4) is 0 Å². The van der Waals surface area contributed by atoms with Crippen LogP contribution in [0.25, 0.3) is 0 Å². The number of ether oxygens (including phenoxy) is 2. The Bertz CT molecular complexity index is 428. The molecule has 0 spiro atoms. The summed E-state index contributed by atoms with van der Waals surface area (Å²) in [6, 6.07) is 3.43. The van der Waals surface area contributed by atoms with E-state index >= 15 is 0 Å². The van der Waals surface area contributed by atoms with E-state index in [2.05, 4.69) is 15.6 Å². The van der Waals surface area contributed by atoms with Gasteiger partial charge in [-0.15, -0.1) is 0 Å². The fourth-order valence-corrected chi connectivity index (χ4v) is 2.25. The zero-order valence-corrected chi connectivity index (χ0v) is 12.4. The van der Waals surface area contributed by atoms with Gasteiger partial charge < -0.3 is 20.1 Å². The minimum atomic E-state index is -0.106. The van der Waals surface area contributed by atoms with Crippen LogP contribution in [0.4, 0.5) is 5.69 Å². The van der Waals surface area contributed by atoms with Crippen molar-refractivity contribution in [3.05, 3.63) is 18.3 Å². The van der Waals surface area contributed by atoms with Gasteiger partial charge in [0.25, 0.3) is 0 Å². The minimum Gasteiger partial charge on any atom is -0.475 e. The largest absolute Gasteiger partial charge is 0.475 e. The summed E-state index contributed by atoms with van der Waals surface area (Å²) in [6.07, 6.45) is 5.91. The highest BCUT2D eigenvalue weighted by Gasteiger charge is 2.19. The Morgan fingerprint density at radius 1 is 1.38 bits per heavy atom. The quantitative estimate of drug-likeness (QED) is 0.779. The molecule has 6 heteroatoms. The Balaban J connectivity index is 1.82. The van der Waals surface area contributed by atoms with Crippen LogP contribution in [-0.4, -0.2) is 43.8 Å². The molecule has 116 valence electrons. The van der Waals surface area contributed by atoms with Crippen molar-refractivity contribution in [1.29, 1.82) is 0 Å². The lowest BCUT2D eigenvalue weighted by Gasteiger charge is -2.15. The van der Waals surface area contributed by atoms with E-state index < -0.39 is 0 Å². The van der Waals surface area contributed by atoms with Crippen molar-refractivity contribution in [2.75, 3.05) is 32.2 Å². The highest BCUT2D eigenvalue weighted by molar-refractivity contribution is 5.94. The lowest BCUT2D eigenvalue weighted by atomic mass is 10.1. The number of carbonyl (C=O) groups is 1. The first-order chi connectivity index (χ1) is 10.3. The monoisotopic (exact) mass is 293 g/mol. The Kier molecular flexibility index (Phi) is 6.43. The fraction of sp³-hybridized carbons (Fsp3) is 0.600. The van der Waals surface area contributed by atoms with Crippen LogP contribution in [0.5, 0.6) is 5.88 Å². The van der Waals surface area contributed by atoms with Crippen LogP contribution in [0.2, 0.25) is 0 Å². The van der Waals surface area contributed by atoms with E-state index in [-0.39, 0.29) is 11.9 Å². The molecule has 2 rings (SSSR count). The number of amides is 1. The summed E-state index contributed by atoms with van der Waals surface area (Å²) < 4.78 is 10.3. The molecule has 0 bridgehead atoms. The molecule has 1 aromatic heterocycles. The normalized spacial score (nSPS) is 18.8. The molecule has 0 radical (unpaired) electrons. The van der Waals surface area contributed by atoms with Crippen LogP contribution < -0.4 is 15.4 Å². The van der Waals surface area contributed by atoms with E-state index in [1.54, 1.807) is 25.4 Å². The average Bonchev–Trinajstić information content (AvgIpc) is 2.78. The molecule has 1 aliphatic rings. The van der Waals surface area contributed by atoms with Gasteiger partial charge in [-0.2, -0.15) is 0 Å². The van der Waals surface area contributed by atoms with Gasteiger partial charge in [-0.1, -0.05) is 12.8 Å². The molecule has 1 atom stereocenters. The number of methoxy groups -OCH3 is 1. The minimum absolute atomic E-state index is 0.00625. The van der Waals surface area contributed by atoms with Crippen molar-refractivity contribution in [1.82, 2.24) is 10.3 Å². The van der Waals surface area contributed by atoms with Crippen molar-refractivity contribution in [2.45, 2.75) is 31.7 Å². The number of pyridine rings is 1. The van der Waals surface area contributed by atoms with Crippen molar-refractivity contribution in [3.63, 3.8) is 0 Å². The number of carbonyl (C=O) groups excluding carboxylic acids is 1. The third-order valence-electron chi connectivity index (χ3n) is 3.42. The SMILES string of the molecule is COCCOc1ccc(NC(=O)C2CCCCCN2)cn1. The van der Waals surface area contributed by atoms with Gasteiger partial charge in [-0.05, 0) is 25.5 Å². The number of rotatable bonds is 6. The lowest BCUT2D eigenvalue weighted by Crippen LogP contribution is -2.39. The molecule has 1 aliphatic heterocycles. The Morgan fingerprint density at radius 2 is 2.29 bits per heavy atom. The van der Waals surface area contributed by atoms with Crippen LogP contribution >= 0.6 is 0 Å². The molecule has 1 aromatic rings. The van der Waals surface area contributed by atoms with E-state index in [1.807, 2.05) is 0 Å². The topological polar surface area (TPSA) is 72.5 Å². The summed E-state index contributed by atoms with van der Waals surface area (Å²) in [7, 11) is 1.62. The predicted molar refractivity (Wildman–Crippen MR) is 80.5 cm³/mol. The van der Waals surface area contributed by atoms with Gasteiger partial charge in [-0.25, -0.2) is 4.98 Å². The maximum atomic E-state index is 12.2. The van der Waals surface area contributed by atoms with Crippen LogP contribution in [0, 0.1) is 0 Å². The summed E-state index contributed by atoms with van der Waals surface area (Å²) in [5, 5.41) is 6.17. The summed E-state index contributed by atoms with van der Waals surface area (Å²) in [6.45, 7) is 1.89. The van der Waals surface area contributed by atoms with Gasteiger partial charge in [-0.3, -0.25) is 4.79 Å². The van der Waals surface area contributed by atoms with E-state index in [1.165, 1.54) is 6.42 Å². The number of nitrogens with one attached hydrogen (secondary N) is 2. The van der Waals surface area contributed by atoms with Gasteiger partial charge in [0.2, 0.25) is 11.8 Å². The number of aromatic nitrogens is 1. The highest BCUT2D eigenvalue weighted by atomic mass is 16.5. The van der Waals surface area contributed by atoms with E-state index in [9.17, 15) is 4.79 Å². The molecular weight excluding hydrogens is 270 g/mol. The highest BCUT2D eigenvalue weighted by Crippen LogP contribution is 2.14. The van der Waals surface area contributed by atoms with Crippen molar-refractivity contribution < 1.29 is 14.3 Å². The Morgan fingerprint density at radius 3 is 3.05 bits per heavy atom. The van der Waals surface area contributed by atoms with Crippen LogP contribution in [0.15, 0.2) is 18.3 Å². The molecule has 0 aliphatic carbocycles. The molecule has 2 N–H and O–H groups in total. The predicted octanol–water partition coefficient (Wildman–Crippen LogP) is 1.58. The molecule has 1 unspecified atom stereocenters. The second-order valence-corrected chi connectivity index (χ2v) is 5.07. The molecule has 2 heterocycles. The summed E-state index contributed by atoms with van der Waals surface area (Å²) >= 11 is 0. The number of hydrogen-bond acceptors (Lipinski definition) is 5. The van der Waals surface area contributed by atoms with Gasteiger partial charge >= 0.3 is 0 Å². The first-order valence-corrected chi connectivity index (χ1v) is 7.41. The van der Waals surface area contributed by atoms with E-state index in [0.29, 0.717) is 24.8 Å². The standard InChI is InChI=1S/C15H23N3O3/c1-20-9-10-21-14-7-6-12(11-17-14)18-15(19)13-5-3-2-4-8-16-13/h6-7,11,13,16H,2-5,8-10H2,1H3,(H,18,19). The first-order valence-electron chi connectivity index (χ1n) is 7.41. The maximum Gasteiger partial charge on any atom is 0.241 e. The molecule has 21 heavy (non-hydrogen) atoms. The maximum absolute atomic E-state index is 12.2. The molecule has 6 nitrogen and oxygen atoms in total. The number of hydrogen-bond donors (Lipinski definition) is 2. The van der Waals surface area contributed by atoms with Gasteiger partial charge in [0.05, 0.1) is 24.5 Å². The number of anilines is 1. The van der Waals surface area contributed by atoms with Crippen LogP contribution in [-0.2, 0) is 9.53 Å². The molecule has 0 aromatic carbocycles. The van der Waals surface area contributed by atoms with E-state index in [0.717, 1.165) is 25.8 Å². The lowest BCUT2D eigenvalue weighted by molar-refractivity contribution is -0.118. The zero-order chi connectivity index (χ0) is 14.9. The fourth-order valence-electron chi connectivity index (χ4n) is 2.25. The van der Waals surface area contributed by atoms with Crippen molar-refractivity contribution in [3.8, 4) is 5.88 Å². The van der Waals surface area contributed by atoms with Gasteiger partial charge in [0.15, 0.2) is 0 Å². The van der Waals surface area contributed by atoms with Gasteiger partial charge in [0.1, 0.15) is 6.61 Å². The van der Waals surface area contributed by atoms with Crippen molar-refractivity contribution in [2.24, 2.45) is 0 Å². The second kappa shape index (κ2) is 8.59. The third-order valence-corrected chi connectivity index (χ3v) is 3.42. The summed E-state index contributed by atoms with van der Waals surface area (Å²) in [4.78, 5) is 16.3. The van der Waals surface area contributed by atoms with E-state index in [4.69, 9.17) is 9.47 Å². The zero-order valence-electron chi connectivity index (χ0n) is 12.4. The summed E-state index contributed by atoms with van der Waals surface area (Å²) in [5.41, 5.74) is 0.685. The third kappa shape index (κ3) is 5.32. The van der Waals surface area contributed by atoms with Crippen LogP contribution in [0.1, 0.15) is 25.7 Å². The summed E-state index contributed by atoms with van der Waals surface area (Å²) in [5.74, 6) is 0.532. The molecule has 1 fully saturated rings. The average molecular weight is 293 g/mol. The van der Waals surface area contributed by atoms with Gasteiger partial charge in [0, 0.05) is 13.2 Å². The first kappa shape index (κ1) is 15.7. The Labute approximate surface area is 125 Å². The molecule has 1 saturated heterocycles. The second-order valence-electron chi connectivity index (χ2n) is 5.07. The number of nitrogens with zero attached hydrogens (tertiary/aromatic N) is 1. The smallest absolute Gasteiger partial charge is 0.241 e. The Hall–Kier alpha value is -1.66. The molecule has 1 amide bonds.